The molecule has 0 fully saturated rings. The van der Waals surface area contributed by atoms with E-state index < -0.39 is 5.91 Å². The van der Waals surface area contributed by atoms with Gasteiger partial charge in [0.2, 0.25) is 5.91 Å². The fourth-order valence-corrected chi connectivity index (χ4v) is 3.51. The van der Waals surface area contributed by atoms with Gasteiger partial charge in [-0.2, -0.15) is 5.10 Å². The van der Waals surface area contributed by atoms with Crippen molar-refractivity contribution in [2.24, 2.45) is 10.2 Å². The van der Waals surface area contributed by atoms with Crippen molar-refractivity contribution in [3.05, 3.63) is 88.4 Å². The molecule has 0 unspecified atom stereocenters. The maximum Gasteiger partial charge on any atom is 0.279 e. The molecule has 2 amide bonds. The van der Waals surface area contributed by atoms with E-state index in [0.29, 0.717) is 22.5 Å². The van der Waals surface area contributed by atoms with Gasteiger partial charge in [0.1, 0.15) is 12.3 Å². The third-order valence-electron chi connectivity index (χ3n) is 4.60. The minimum absolute atomic E-state index is 0.0616. The number of carbonyl (C=O) groups is 2. The molecule has 1 aliphatic rings. The molecule has 1 heterocycles. The number of aromatic hydroxyl groups is 1. The Bertz CT molecular complexity index is 1210. The zero-order chi connectivity index (χ0) is 21.8. The molecule has 8 heteroatoms. The Morgan fingerprint density at radius 3 is 2.58 bits per heavy atom. The van der Waals surface area contributed by atoms with Crippen LogP contribution >= 0.6 is 15.9 Å². The van der Waals surface area contributed by atoms with Gasteiger partial charge in [0.05, 0.1) is 11.9 Å². The van der Waals surface area contributed by atoms with Gasteiger partial charge in [0.25, 0.3) is 5.91 Å². The van der Waals surface area contributed by atoms with Crippen LogP contribution in [-0.2, 0) is 9.59 Å². The van der Waals surface area contributed by atoms with Crippen LogP contribution in [0.4, 0.5) is 11.4 Å². The lowest BCUT2D eigenvalue weighted by molar-refractivity contribution is -0.118. The van der Waals surface area contributed by atoms with E-state index in [1.165, 1.54) is 17.2 Å². The highest BCUT2D eigenvalue weighted by Crippen LogP contribution is 2.32. The predicted molar refractivity (Wildman–Crippen MR) is 124 cm³/mol. The quantitative estimate of drug-likeness (QED) is 0.430. The molecular formula is C23H17BrN4O3. The highest BCUT2D eigenvalue weighted by atomic mass is 79.9. The molecule has 0 saturated carbocycles. The summed E-state index contributed by atoms with van der Waals surface area (Å²) >= 11 is 3.41. The lowest BCUT2D eigenvalue weighted by atomic mass is 10.1. The maximum absolute atomic E-state index is 13.0. The number of hydrogen-bond donors (Lipinski definition) is 2. The lowest BCUT2D eigenvalue weighted by Crippen LogP contribution is -2.37. The van der Waals surface area contributed by atoms with Gasteiger partial charge >= 0.3 is 0 Å². The van der Waals surface area contributed by atoms with E-state index in [4.69, 9.17) is 0 Å². The summed E-state index contributed by atoms with van der Waals surface area (Å²) in [7, 11) is 0. The van der Waals surface area contributed by atoms with Gasteiger partial charge in [-0.3, -0.25) is 14.5 Å². The average molecular weight is 477 g/mol. The number of fused-ring (bicyclic) bond motifs is 1. The Morgan fingerprint density at radius 2 is 1.81 bits per heavy atom. The van der Waals surface area contributed by atoms with Crippen molar-refractivity contribution in [3.8, 4) is 5.75 Å². The summed E-state index contributed by atoms with van der Waals surface area (Å²) in [4.78, 5) is 26.9. The van der Waals surface area contributed by atoms with Gasteiger partial charge in [-0.25, -0.2) is 0 Å². The Balaban J connectivity index is 1.60. The first-order valence-corrected chi connectivity index (χ1v) is 10.2. The monoisotopic (exact) mass is 476 g/mol. The maximum atomic E-state index is 13.0. The highest BCUT2D eigenvalue weighted by molar-refractivity contribution is 9.10. The molecule has 2 N–H and O–H groups in total. The molecule has 154 valence electrons. The van der Waals surface area contributed by atoms with E-state index in [1.807, 2.05) is 18.2 Å². The molecule has 0 aliphatic carbocycles. The number of nitrogens with one attached hydrogen (secondary N) is 1. The van der Waals surface area contributed by atoms with E-state index in [0.717, 1.165) is 4.47 Å². The van der Waals surface area contributed by atoms with E-state index >= 15 is 0 Å². The first kappa shape index (κ1) is 20.5. The number of amides is 2. The van der Waals surface area contributed by atoms with Gasteiger partial charge in [0.15, 0.2) is 5.71 Å². The summed E-state index contributed by atoms with van der Waals surface area (Å²) in [6, 6.07) is 21.0. The number of para-hydroxylation sites is 2. The summed E-state index contributed by atoms with van der Waals surface area (Å²) in [5.74, 6) is -0.690. The average Bonchev–Trinajstić information content (AvgIpc) is 3.01. The third-order valence-corrected chi connectivity index (χ3v) is 5.10. The number of phenolic OH excluding ortho intramolecular Hbond substituents is 1. The van der Waals surface area contributed by atoms with Crippen LogP contribution in [0.5, 0.6) is 5.75 Å². The van der Waals surface area contributed by atoms with E-state index in [2.05, 4.69) is 31.4 Å². The van der Waals surface area contributed by atoms with Gasteiger partial charge in [-0.1, -0.05) is 46.3 Å². The Hall–Kier alpha value is -3.78. The molecule has 3 aromatic carbocycles. The largest absolute Gasteiger partial charge is 0.507 e. The van der Waals surface area contributed by atoms with Crippen LogP contribution < -0.4 is 10.2 Å². The minimum Gasteiger partial charge on any atom is -0.507 e. The van der Waals surface area contributed by atoms with Crippen LogP contribution in [0, 0.1) is 0 Å². The van der Waals surface area contributed by atoms with Crippen molar-refractivity contribution in [3.63, 3.8) is 0 Å². The van der Waals surface area contributed by atoms with Gasteiger partial charge in [0, 0.05) is 21.3 Å². The molecule has 0 aromatic heterocycles. The molecule has 0 spiro atoms. The van der Waals surface area contributed by atoms with Crippen molar-refractivity contribution in [2.45, 2.75) is 0 Å². The zero-order valence-corrected chi connectivity index (χ0v) is 17.8. The minimum atomic E-state index is -0.425. The number of rotatable bonds is 5. The number of halogens is 1. The number of benzene rings is 3. The molecule has 0 atom stereocenters. The van der Waals surface area contributed by atoms with Gasteiger partial charge in [-0.05, 0) is 42.5 Å². The first-order valence-electron chi connectivity index (χ1n) is 9.38. The Kier molecular flexibility index (Phi) is 5.90. The molecule has 0 radical (unpaired) electrons. The van der Waals surface area contributed by atoms with E-state index in [1.54, 1.807) is 48.5 Å². The van der Waals surface area contributed by atoms with Crippen molar-refractivity contribution < 1.29 is 14.7 Å². The second kappa shape index (κ2) is 8.93. The third kappa shape index (κ3) is 4.54. The Morgan fingerprint density at radius 1 is 1.06 bits per heavy atom. The van der Waals surface area contributed by atoms with Crippen LogP contribution in [0.2, 0.25) is 0 Å². The molecule has 0 bridgehead atoms. The van der Waals surface area contributed by atoms with Crippen molar-refractivity contribution in [1.82, 2.24) is 0 Å². The molecule has 1 aliphatic heterocycles. The summed E-state index contributed by atoms with van der Waals surface area (Å²) in [6.45, 7) is -0.162. The van der Waals surface area contributed by atoms with Crippen molar-refractivity contribution in [2.75, 3.05) is 16.8 Å². The molecule has 31 heavy (non-hydrogen) atoms. The second-order valence-corrected chi connectivity index (χ2v) is 7.63. The van der Waals surface area contributed by atoms with E-state index in [-0.39, 0.29) is 23.9 Å². The highest BCUT2D eigenvalue weighted by Gasteiger charge is 2.35. The fourth-order valence-electron chi connectivity index (χ4n) is 3.15. The summed E-state index contributed by atoms with van der Waals surface area (Å²) < 4.78 is 0.770. The molecule has 4 rings (SSSR count). The number of carbonyl (C=O) groups excluding carboxylic acids is 2. The molecule has 3 aromatic rings. The smallest absolute Gasteiger partial charge is 0.279 e. The van der Waals surface area contributed by atoms with Crippen LogP contribution in [0.15, 0.2) is 87.5 Å². The standard InChI is InChI=1S/C23H17BrN4O3/c24-16-10-11-19-18(12-16)22(27-25-13-15-6-4-5-9-20(15)29)23(31)28(19)14-21(30)26-17-7-2-1-3-8-17/h1-13,29H,14H2,(H,26,30)/b25-13+,27-22-. The molecule has 0 saturated heterocycles. The summed E-state index contributed by atoms with van der Waals surface area (Å²) in [5, 5.41) is 20.7. The topological polar surface area (TPSA) is 94.4 Å². The number of phenols is 1. The number of hydrogen-bond acceptors (Lipinski definition) is 5. The summed E-state index contributed by atoms with van der Waals surface area (Å²) in [6.07, 6.45) is 1.37. The van der Waals surface area contributed by atoms with Crippen LogP contribution in [-0.4, -0.2) is 35.4 Å². The van der Waals surface area contributed by atoms with Crippen LogP contribution in [0.25, 0.3) is 0 Å². The lowest BCUT2D eigenvalue weighted by Gasteiger charge is -2.16. The van der Waals surface area contributed by atoms with Gasteiger partial charge < -0.3 is 10.4 Å². The van der Waals surface area contributed by atoms with Crippen molar-refractivity contribution in [1.29, 1.82) is 0 Å². The zero-order valence-electron chi connectivity index (χ0n) is 16.2. The van der Waals surface area contributed by atoms with E-state index in [9.17, 15) is 14.7 Å². The second-order valence-electron chi connectivity index (χ2n) is 6.72. The predicted octanol–water partition coefficient (Wildman–Crippen LogP) is 3.96. The normalized spacial score (nSPS) is 14.3. The number of anilines is 2. The number of nitrogens with zero attached hydrogens (tertiary/aromatic N) is 3. The fraction of sp³-hybridized carbons (Fsp3) is 0.0435. The SMILES string of the molecule is O=C(CN1C(=O)/C(=N\N=C\c2ccccc2O)c2cc(Br)ccc21)Nc1ccccc1. The van der Waals surface area contributed by atoms with Crippen molar-refractivity contribution >= 4 is 51.0 Å². The molecular weight excluding hydrogens is 460 g/mol. The first-order chi connectivity index (χ1) is 15.0. The van der Waals surface area contributed by atoms with Crippen LogP contribution in [0.1, 0.15) is 11.1 Å². The Labute approximate surface area is 186 Å². The van der Waals surface area contributed by atoms with Gasteiger partial charge in [-0.15, -0.1) is 5.10 Å². The summed E-state index contributed by atoms with van der Waals surface area (Å²) in [5.41, 5.74) is 2.40. The molecule has 7 nitrogen and oxygen atoms in total. The van der Waals surface area contributed by atoms with Crippen LogP contribution in [0.3, 0.4) is 0 Å².